The molecule has 1 saturated heterocycles. The van der Waals surface area contributed by atoms with Gasteiger partial charge >= 0.3 is 5.97 Å². The average Bonchev–Trinajstić information content (AvgIpc) is 2.60. The van der Waals surface area contributed by atoms with Crippen LogP contribution >= 0.6 is 17.0 Å². The van der Waals surface area contributed by atoms with Gasteiger partial charge in [-0.25, -0.2) is 5.09 Å². The predicted molar refractivity (Wildman–Crippen MR) is 66.5 cm³/mol. The summed E-state index contributed by atoms with van der Waals surface area (Å²) in [5.74, 6) is 0.767. The fourth-order valence-electron chi connectivity index (χ4n) is 1.20. The number of carbonyl (C=O) groups is 1. The minimum absolute atomic E-state index is 0.141. The molecule has 1 aliphatic heterocycles. The molecular formula is C8H16NO3PS2. The lowest BCUT2D eigenvalue weighted by Gasteiger charge is -2.24. The van der Waals surface area contributed by atoms with Crippen LogP contribution in [-0.2, 0) is 25.9 Å². The van der Waals surface area contributed by atoms with Crippen molar-refractivity contribution in [3.05, 3.63) is 0 Å². The van der Waals surface area contributed by atoms with Crippen LogP contribution in [-0.4, -0.2) is 31.5 Å². The topological polar surface area (TPSA) is 47.6 Å². The molecule has 0 spiro atoms. The van der Waals surface area contributed by atoms with Crippen molar-refractivity contribution in [1.29, 1.82) is 0 Å². The monoisotopic (exact) mass is 269 g/mol. The molecule has 0 bridgehead atoms. The molecule has 4 nitrogen and oxygen atoms in total. The van der Waals surface area contributed by atoms with E-state index in [4.69, 9.17) is 21.1 Å². The fourth-order valence-corrected chi connectivity index (χ4v) is 6.21. The Kier molecular flexibility index (Phi) is 5.06. The van der Waals surface area contributed by atoms with Crippen LogP contribution < -0.4 is 5.09 Å². The van der Waals surface area contributed by atoms with E-state index < -0.39 is 5.62 Å². The van der Waals surface area contributed by atoms with E-state index in [1.165, 1.54) is 7.11 Å². The molecule has 0 saturated carbocycles. The number of hydrogen-bond donors (Lipinski definition) is 1. The molecule has 0 amide bonds. The molecule has 0 aromatic rings. The molecule has 7 heteroatoms. The number of rotatable bonds is 4. The van der Waals surface area contributed by atoms with Gasteiger partial charge in [0.05, 0.1) is 13.7 Å². The summed E-state index contributed by atoms with van der Waals surface area (Å²) in [5, 5.41) is 3.13. The molecule has 0 aliphatic carbocycles. The van der Waals surface area contributed by atoms with Crippen LogP contribution in [0.4, 0.5) is 0 Å². The zero-order valence-electron chi connectivity index (χ0n) is 9.06. The Labute approximate surface area is 99.4 Å². The second kappa shape index (κ2) is 5.64. The van der Waals surface area contributed by atoms with Crippen molar-refractivity contribution >= 4 is 34.8 Å². The Balaban J connectivity index is 2.66. The minimum Gasteiger partial charge on any atom is -0.468 e. The van der Waals surface area contributed by atoms with Crippen molar-refractivity contribution in [2.24, 2.45) is 5.92 Å². The van der Waals surface area contributed by atoms with Gasteiger partial charge in [0.2, 0.25) is 0 Å². The normalized spacial score (nSPS) is 28.0. The van der Waals surface area contributed by atoms with E-state index >= 15 is 0 Å². The predicted octanol–water partition coefficient (Wildman–Crippen LogP) is 1.76. The van der Waals surface area contributed by atoms with E-state index in [0.717, 1.165) is 5.75 Å². The highest BCUT2D eigenvalue weighted by Gasteiger charge is 2.32. The Morgan fingerprint density at radius 2 is 2.33 bits per heavy atom. The number of esters is 1. The van der Waals surface area contributed by atoms with Gasteiger partial charge in [-0.05, 0) is 17.7 Å². The Morgan fingerprint density at radius 1 is 1.67 bits per heavy atom. The van der Waals surface area contributed by atoms with E-state index in [2.05, 4.69) is 5.09 Å². The second-order valence-electron chi connectivity index (χ2n) is 3.54. The third-order valence-electron chi connectivity index (χ3n) is 2.02. The number of hydrogen-bond acceptors (Lipinski definition) is 5. The highest BCUT2D eigenvalue weighted by molar-refractivity contribution is 8.69. The maximum atomic E-state index is 11.5. The summed E-state index contributed by atoms with van der Waals surface area (Å²) in [6.45, 7) is 4.58. The van der Waals surface area contributed by atoms with Gasteiger partial charge in [-0.15, -0.1) is 0 Å². The van der Waals surface area contributed by atoms with Gasteiger partial charge in [0, 0.05) is 5.75 Å². The molecule has 15 heavy (non-hydrogen) atoms. The van der Waals surface area contributed by atoms with Gasteiger partial charge < -0.3 is 9.26 Å². The third-order valence-corrected chi connectivity index (χ3v) is 7.61. The van der Waals surface area contributed by atoms with Crippen molar-refractivity contribution in [3.63, 3.8) is 0 Å². The third kappa shape index (κ3) is 3.71. The summed E-state index contributed by atoms with van der Waals surface area (Å²) in [5.41, 5.74) is -2.05. The molecule has 1 rings (SSSR count). The molecule has 1 aliphatic rings. The van der Waals surface area contributed by atoms with E-state index in [9.17, 15) is 4.79 Å². The first-order valence-corrected chi connectivity index (χ1v) is 9.04. The highest BCUT2D eigenvalue weighted by atomic mass is 32.9. The van der Waals surface area contributed by atoms with Crippen molar-refractivity contribution < 1.29 is 14.1 Å². The lowest BCUT2D eigenvalue weighted by atomic mass is 10.1. The van der Waals surface area contributed by atoms with Crippen LogP contribution in [0.25, 0.3) is 0 Å². The summed E-state index contributed by atoms with van der Waals surface area (Å²) in [4.78, 5) is 11.5. The van der Waals surface area contributed by atoms with Crippen molar-refractivity contribution in [2.45, 2.75) is 19.9 Å². The summed E-state index contributed by atoms with van der Waals surface area (Å²) in [6, 6.07) is -0.369. The maximum absolute atomic E-state index is 11.5. The van der Waals surface area contributed by atoms with Gasteiger partial charge in [0.15, 0.2) is 5.62 Å². The molecule has 2 unspecified atom stereocenters. The smallest absolute Gasteiger partial charge is 0.323 e. The van der Waals surface area contributed by atoms with Crippen LogP contribution in [0.2, 0.25) is 0 Å². The zero-order valence-corrected chi connectivity index (χ0v) is 11.6. The van der Waals surface area contributed by atoms with Crippen LogP contribution in [0.15, 0.2) is 0 Å². The molecule has 1 N–H and O–H groups in total. The molecule has 1 heterocycles. The molecular weight excluding hydrogens is 253 g/mol. The standard InChI is InChI=1S/C8H16NO3PS2/c1-6(2)7(8(10)11-3)9-13(14)12-4-5-15-13/h6-7H,4-5H2,1-3H3,(H,9,14). The minimum atomic E-state index is -2.05. The largest absolute Gasteiger partial charge is 0.468 e. The fraction of sp³-hybridized carbons (Fsp3) is 0.875. The first-order valence-electron chi connectivity index (χ1n) is 4.73. The number of methoxy groups -OCH3 is 1. The van der Waals surface area contributed by atoms with E-state index in [0.29, 0.717) is 6.61 Å². The lowest BCUT2D eigenvalue weighted by Crippen LogP contribution is -2.39. The molecule has 0 aromatic carbocycles. The quantitative estimate of drug-likeness (QED) is 0.620. The van der Waals surface area contributed by atoms with E-state index in [1.54, 1.807) is 11.4 Å². The first-order chi connectivity index (χ1) is 6.98. The average molecular weight is 269 g/mol. The zero-order chi connectivity index (χ0) is 11.5. The summed E-state index contributed by atoms with van der Waals surface area (Å²) in [6.07, 6.45) is 0. The summed E-state index contributed by atoms with van der Waals surface area (Å²) in [7, 11) is 1.39. The van der Waals surface area contributed by atoms with Crippen molar-refractivity contribution in [3.8, 4) is 0 Å². The van der Waals surface area contributed by atoms with Gasteiger partial charge in [-0.2, -0.15) is 0 Å². The SMILES string of the molecule is COC(=O)C(NP1(=S)OCCS1)C(C)C. The van der Waals surface area contributed by atoms with E-state index in [1.807, 2.05) is 13.8 Å². The number of ether oxygens (including phenoxy) is 1. The highest BCUT2D eigenvalue weighted by Crippen LogP contribution is 2.60. The summed E-state index contributed by atoms with van der Waals surface area (Å²) >= 11 is 6.97. The first kappa shape index (κ1) is 13.5. The summed E-state index contributed by atoms with van der Waals surface area (Å²) < 4.78 is 10.2. The van der Waals surface area contributed by atoms with Crippen LogP contribution in [0, 0.1) is 5.92 Å². The molecule has 88 valence electrons. The molecule has 0 aromatic heterocycles. The van der Waals surface area contributed by atoms with Crippen LogP contribution in [0.1, 0.15) is 13.8 Å². The lowest BCUT2D eigenvalue weighted by molar-refractivity contribution is -0.143. The van der Waals surface area contributed by atoms with Crippen LogP contribution in [0.5, 0.6) is 0 Å². The van der Waals surface area contributed by atoms with Gasteiger partial charge in [0.25, 0.3) is 0 Å². The Morgan fingerprint density at radius 3 is 2.73 bits per heavy atom. The van der Waals surface area contributed by atoms with Crippen molar-refractivity contribution in [1.82, 2.24) is 5.09 Å². The van der Waals surface area contributed by atoms with Gasteiger partial charge in [-0.3, -0.25) is 4.79 Å². The number of nitrogens with one attached hydrogen (secondary N) is 1. The van der Waals surface area contributed by atoms with Gasteiger partial charge in [-0.1, -0.05) is 25.2 Å². The van der Waals surface area contributed by atoms with Crippen molar-refractivity contribution in [2.75, 3.05) is 19.5 Å². The van der Waals surface area contributed by atoms with E-state index in [-0.39, 0.29) is 17.9 Å². The van der Waals surface area contributed by atoms with Gasteiger partial charge in [0.1, 0.15) is 6.04 Å². The maximum Gasteiger partial charge on any atom is 0.323 e. The molecule has 2 atom stereocenters. The second-order valence-corrected chi connectivity index (χ2v) is 10.3. The Hall–Kier alpha value is 0.390. The molecule has 0 radical (unpaired) electrons. The van der Waals surface area contributed by atoms with Crippen LogP contribution in [0.3, 0.4) is 0 Å². The Bertz CT molecular complexity index is 275. The number of carbonyl (C=O) groups excluding carboxylic acids is 1. The molecule has 1 fully saturated rings.